The van der Waals surface area contributed by atoms with Crippen LogP contribution in [0.4, 0.5) is 5.69 Å². The number of para-hydroxylation sites is 1. The third-order valence-electron chi connectivity index (χ3n) is 2.84. The molecule has 0 bridgehead atoms. The molecule has 1 aliphatic rings. The lowest BCUT2D eigenvalue weighted by atomic mass is 9.82. The minimum Gasteiger partial charge on any atom is -0.256 e. The van der Waals surface area contributed by atoms with Gasteiger partial charge in [-0.2, -0.15) is 0 Å². The molecule has 1 aromatic rings. The zero-order valence-electron chi connectivity index (χ0n) is 8.06. The molecule has 2 rings (SSSR count). The Morgan fingerprint density at radius 2 is 2.00 bits per heavy atom. The van der Waals surface area contributed by atoms with Crippen LogP contribution in [0.1, 0.15) is 26.3 Å². The lowest BCUT2D eigenvalue weighted by Crippen LogP contribution is -2.22. The molecule has 0 radical (unpaired) electrons. The summed E-state index contributed by atoms with van der Waals surface area (Å²) >= 11 is 2.35. The summed E-state index contributed by atoms with van der Waals surface area (Å²) in [6.07, 6.45) is 0. The predicted octanol–water partition coefficient (Wildman–Crippen LogP) is 3.67. The molecule has 0 amide bonds. The number of benzene rings is 1. The monoisotopic (exact) mass is 285 g/mol. The normalized spacial score (nSPS) is 18.3. The molecule has 1 aromatic carbocycles. The Kier molecular flexibility index (Phi) is 1.98. The van der Waals surface area contributed by atoms with Crippen molar-refractivity contribution >= 4 is 34.0 Å². The number of hydrogen-bond acceptors (Lipinski definition) is 1. The highest BCUT2D eigenvalue weighted by atomic mass is 127. The molecule has 0 saturated heterocycles. The van der Waals surface area contributed by atoms with E-state index in [0.717, 1.165) is 0 Å². The lowest BCUT2D eigenvalue weighted by molar-refractivity contribution is 0.733. The van der Waals surface area contributed by atoms with E-state index in [1.807, 2.05) is 0 Å². The molecule has 68 valence electrons. The van der Waals surface area contributed by atoms with E-state index in [-0.39, 0.29) is 5.41 Å². The van der Waals surface area contributed by atoms with E-state index in [0.29, 0.717) is 0 Å². The molecule has 13 heavy (non-hydrogen) atoms. The van der Waals surface area contributed by atoms with Gasteiger partial charge in [0, 0.05) is 14.7 Å². The van der Waals surface area contributed by atoms with Crippen molar-refractivity contribution in [2.24, 2.45) is 4.99 Å². The van der Waals surface area contributed by atoms with Crippen LogP contribution >= 0.6 is 22.6 Å². The van der Waals surface area contributed by atoms with E-state index in [2.05, 4.69) is 66.6 Å². The average Bonchev–Trinajstić information content (AvgIpc) is 2.28. The van der Waals surface area contributed by atoms with Crippen molar-refractivity contribution in [1.29, 1.82) is 0 Å². The summed E-state index contributed by atoms with van der Waals surface area (Å²) in [5, 5.41) is 0. The van der Waals surface area contributed by atoms with Crippen molar-refractivity contribution in [3.8, 4) is 0 Å². The number of fused-ring (bicyclic) bond motifs is 1. The molecule has 1 aliphatic heterocycles. The summed E-state index contributed by atoms with van der Waals surface area (Å²) in [6.45, 7) is 6.57. The molecule has 1 nitrogen and oxygen atoms in total. The molecule has 0 aliphatic carbocycles. The Bertz CT molecular complexity index is 391. The number of aliphatic imine (C=N–C) groups is 1. The topological polar surface area (TPSA) is 12.4 Å². The fourth-order valence-corrected chi connectivity index (χ4v) is 2.25. The molecule has 0 spiro atoms. The van der Waals surface area contributed by atoms with Gasteiger partial charge in [-0.15, -0.1) is 0 Å². The van der Waals surface area contributed by atoms with E-state index in [9.17, 15) is 0 Å². The molecule has 0 N–H and O–H groups in total. The van der Waals surface area contributed by atoms with Crippen LogP contribution in [0, 0.1) is 3.57 Å². The van der Waals surface area contributed by atoms with Gasteiger partial charge in [0.05, 0.1) is 5.69 Å². The number of rotatable bonds is 0. The van der Waals surface area contributed by atoms with Crippen LogP contribution < -0.4 is 0 Å². The molecule has 2 heteroatoms. The van der Waals surface area contributed by atoms with E-state index in [1.165, 1.54) is 20.5 Å². The van der Waals surface area contributed by atoms with Crippen LogP contribution in [0.25, 0.3) is 0 Å². The highest BCUT2D eigenvalue weighted by Gasteiger charge is 2.32. The minimum atomic E-state index is 0.122. The Hall–Kier alpha value is -0.380. The second kappa shape index (κ2) is 2.80. The van der Waals surface area contributed by atoms with Gasteiger partial charge in [-0.3, -0.25) is 4.99 Å². The van der Waals surface area contributed by atoms with Crippen molar-refractivity contribution in [2.45, 2.75) is 26.2 Å². The van der Waals surface area contributed by atoms with Crippen molar-refractivity contribution in [3.63, 3.8) is 0 Å². The van der Waals surface area contributed by atoms with Crippen molar-refractivity contribution in [2.75, 3.05) is 0 Å². The first kappa shape index (κ1) is 9.19. The van der Waals surface area contributed by atoms with Crippen molar-refractivity contribution in [3.05, 3.63) is 27.3 Å². The maximum absolute atomic E-state index is 4.61. The second-order valence-corrected chi connectivity index (χ2v) is 5.12. The molecule has 0 aromatic heterocycles. The van der Waals surface area contributed by atoms with Crippen molar-refractivity contribution < 1.29 is 0 Å². The van der Waals surface area contributed by atoms with Gasteiger partial charge in [0.25, 0.3) is 0 Å². The molecular formula is C11H12IN. The molecule has 0 saturated carbocycles. The molecule has 0 unspecified atom stereocenters. The Morgan fingerprint density at radius 1 is 1.31 bits per heavy atom. The highest BCUT2D eigenvalue weighted by molar-refractivity contribution is 14.1. The maximum atomic E-state index is 4.61. The summed E-state index contributed by atoms with van der Waals surface area (Å²) in [5.41, 5.74) is 3.87. The van der Waals surface area contributed by atoms with Crippen LogP contribution in [0.15, 0.2) is 23.2 Å². The average molecular weight is 285 g/mol. The maximum Gasteiger partial charge on any atom is 0.0803 e. The smallest absolute Gasteiger partial charge is 0.0803 e. The Labute approximate surface area is 92.4 Å². The molecule has 1 heterocycles. The molecule has 0 fully saturated rings. The highest BCUT2D eigenvalue weighted by Crippen LogP contribution is 2.41. The van der Waals surface area contributed by atoms with Crippen LogP contribution in [0.3, 0.4) is 0 Å². The Balaban J connectivity index is 2.71. The number of nitrogens with zero attached hydrogens (tertiary/aromatic N) is 1. The van der Waals surface area contributed by atoms with Gasteiger partial charge in [-0.1, -0.05) is 26.0 Å². The van der Waals surface area contributed by atoms with Gasteiger partial charge >= 0.3 is 0 Å². The summed E-state index contributed by atoms with van der Waals surface area (Å²) in [7, 11) is 0. The lowest BCUT2D eigenvalue weighted by Gasteiger charge is -2.19. The largest absolute Gasteiger partial charge is 0.256 e. The van der Waals surface area contributed by atoms with E-state index >= 15 is 0 Å². The number of halogens is 1. The predicted molar refractivity (Wildman–Crippen MR) is 65.0 cm³/mol. The standard InChI is InChI=1S/C11H12IN/c1-7-11(2,3)8-5-4-6-9(12)10(8)13-7/h4-6H,1-3H3. The van der Waals surface area contributed by atoms with Gasteiger partial charge in [0.15, 0.2) is 0 Å². The third-order valence-corrected chi connectivity index (χ3v) is 3.71. The zero-order chi connectivity index (χ0) is 9.64. The van der Waals surface area contributed by atoms with Gasteiger partial charge in [0.2, 0.25) is 0 Å². The quantitative estimate of drug-likeness (QED) is 0.645. The Morgan fingerprint density at radius 3 is 2.62 bits per heavy atom. The van der Waals surface area contributed by atoms with Crippen molar-refractivity contribution in [1.82, 2.24) is 0 Å². The first-order valence-electron chi connectivity index (χ1n) is 4.38. The van der Waals surface area contributed by atoms with Gasteiger partial charge < -0.3 is 0 Å². The van der Waals surface area contributed by atoms with Crippen LogP contribution in [-0.4, -0.2) is 5.71 Å². The first-order valence-corrected chi connectivity index (χ1v) is 5.46. The minimum absolute atomic E-state index is 0.122. The van der Waals surface area contributed by atoms with Crippen LogP contribution in [-0.2, 0) is 5.41 Å². The van der Waals surface area contributed by atoms with E-state index < -0.39 is 0 Å². The van der Waals surface area contributed by atoms with E-state index in [1.54, 1.807) is 0 Å². The van der Waals surface area contributed by atoms with Crippen LogP contribution in [0.2, 0.25) is 0 Å². The summed E-state index contributed by atoms with van der Waals surface area (Å²) < 4.78 is 1.25. The fraction of sp³-hybridized carbons (Fsp3) is 0.364. The summed E-state index contributed by atoms with van der Waals surface area (Å²) in [6, 6.07) is 6.39. The number of hydrogen-bond donors (Lipinski definition) is 0. The van der Waals surface area contributed by atoms with Crippen LogP contribution in [0.5, 0.6) is 0 Å². The fourth-order valence-electron chi connectivity index (χ4n) is 1.64. The zero-order valence-corrected chi connectivity index (χ0v) is 10.2. The SMILES string of the molecule is CC1=Nc2c(I)cccc2C1(C)C. The van der Waals surface area contributed by atoms with Gasteiger partial charge in [0.1, 0.15) is 0 Å². The third kappa shape index (κ3) is 1.23. The second-order valence-electron chi connectivity index (χ2n) is 3.96. The summed E-state index contributed by atoms with van der Waals surface area (Å²) in [5.74, 6) is 0. The first-order chi connectivity index (χ1) is 6.03. The molecular weight excluding hydrogens is 273 g/mol. The van der Waals surface area contributed by atoms with Gasteiger partial charge in [-0.25, -0.2) is 0 Å². The molecule has 0 atom stereocenters. The van der Waals surface area contributed by atoms with E-state index in [4.69, 9.17) is 0 Å². The van der Waals surface area contributed by atoms with Gasteiger partial charge in [-0.05, 0) is 41.1 Å². The summed E-state index contributed by atoms with van der Waals surface area (Å²) in [4.78, 5) is 4.61.